The van der Waals surface area contributed by atoms with E-state index in [1.807, 2.05) is 19.1 Å². The quantitative estimate of drug-likeness (QED) is 0.526. The van der Waals surface area contributed by atoms with Crippen molar-refractivity contribution in [2.24, 2.45) is 0 Å². The Morgan fingerprint density at radius 2 is 1.91 bits per heavy atom. The molecule has 0 aliphatic carbocycles. The van der Waals surface area contributed by atoms with Crippen molar-refractivity contribution in [3.05, 3.63) is 70.5 Å². The standard InChI is InChI=1S/C25H31N3O3S/c1-4-20-17-21(25(32-20)26-24(29)22-7-6-16-31-22)23(28-14-12-27(3)13-15-28)18-8-10-19(11-9-18)30-5-2/h6-11,16-17,23H,4-5,12-15H2,1-3H3,(H,26,29)/t23-/m0/s1. The number of benzene rings is 1. The van der Waals surface area contributed by atoms with Crippen molar-refractivity contribution in [1.82, 2.24) is 9.80 Å². The number of carbonyl (C=O) groups excluding carboxylic acids is 1. The Labute approximate surface area is 193 Å². The lowest BCUT2D eigenvalue weighted by atomic mass is 9.97. The van der Waals surface area contributed by atoms with Gasteiger partial charge in [0.1, 0.15) is 10.8 Å². The van der Waals surface area contributed by atoms with E-state index in [0.717, 1.165) is 48.9 Å². The molecule has 32 heavy (non-hydrogen) atoms. The zero-order chi connectivity index (χ0) is 22.5. The first kappa shape index (κ1) is 22.6. The molecule has 1 aliphatic heterocycles. The fraction of sp³-hybridized carbons (Fsp3) is 0.400. The second-order valence-corrected chi connectivity index (χ2v) is 9.16. The number of hydrogen-bond acceptors (Lipinski definition) is 6. The minimum atomic E-state index is -0.218. The van der Waals surface area contributed by atoms with Gasteiger partial charge in [-0.2, -0.15) is 0 Å². The van der Waals surface area contributed by atoms with E-state index in [2.05, 4.69) is 47.3 Å². The molecular weight excluding hydrogens is 422 g/mol. The van der Waals surface area contributed by atoms with Gasteiger partial charge in [0.2, 0.25) is 0 Å². The highest BCUT2D eigenvalue weighted by Gasteiger charge is 2.29. The average Bonchev–Trinajstić information content (AvgIpc) is 3.47. The van der Waals surface area contributed by atoms with Gasteiger partial charge in [0.25, 0.3) is 5.91 Å². The van der Waals surface area contributed by atoms with Gasteiger partial charge in [-0.1, -0.05) is 19.1 Å². The number of hydrogen-bond donors (Lipinski definition) is 1. The molecular formula is C25H31N3O3S. The molecule has 7 heteroatoms. The van der Waals surface area contributed by atoms with Gasteiger partial charge in [0.15, 0.2) is 5.76 Å². The van der Waals surface area contributed by atoms with Crippen molar-refractivity contribution in [3.63, 3.8) is 0 Å². The van der Waals surface area contributed by atoms with E-state index in [4.69, 9.17) is 9.15 Å². The number of thiophene rings is 1. The Morgan fingerprint density at radius 1 is 1.16 bits per heavy atom. The summed E-state index contributed by atoms with van der Waals surface area (Å²) in [5.41, 5.74) is 2.34. The molecule has 6 nitrogen and oxygen atoms in total. The Bertz CT molecular complexity index is 1010. The van der Waals surface area contributed by atoms with E-state index in [9.17, 15) is 4.79 Å². The number of ether oxygens (including phenoxy) is 1. The lowest BCUT2D eigenvalue weighted by Crippen LogP contribution is -2.46. The minimum absolute atomic E-state index is 0.0582. The van der Waals surface area contributed by atoms with E-state index in [1.54, 1.807) is 23.5 Å². The smallest absolute Gasteiger partial charge is 0.291 e. The predicted octanol–water partition coefficient (Wildman–Crippen LogP) is 4.89. The molecule has 170 valence electrons. The summed E-state index contributed by atoms with van der Waals surface area (Å²) in [5.74, 6) is 0.975. The van der Waals surface area contributed by atoms with Crippen LogP contribution >= 0.6 is 11.3 Å². The molecule has 3 aromatic rings. The highest BCUT2D eigenvalue weighted by Crippen LogP contribution is 2.40. The largest absolute Gasteiger partial charge is 0.494 e. The Kier molecular flexibility index (Phi) is 7.29. The van der Waals surface area contributed by atoms with Gasteiger partial charge in [-0.05, 0) is 56.3 Å². The maximum Gasteiger partial charge on any atom is 0.291 e. The third-order valence-electron chi connectivity index (χ3n) is 5.84. The SMILES string of the molecule is CCOc1ccc([C@@H](c2cc(CC)sc2NC(=O)c2ccco2)N2CCN(C)CC2)cc1. The van der Waals surface area contributed by atoms with Crippen LogP contribution in [0.1, 0.15) is 46.4 Å². The van der Waals surface area contributed by atoms with Crippen molar-refractivity contribution >= 4 is 22.2 Å². The first-order valence-corrected chi connectivity index (χ1v) is 12.0. The molecule has 1 aliphatic rings. The fourth-order valence-corrected chi connectivity index (χ4v) is 5.11. The zero-order valence-electron chi connectivity index (χ0n) is 19.0. The zero-order valence-corrected chi connectivity index (χ0v) is 19.8. The number of amides is 1. The highest BCUT2D eigenvalue weighted by molar-refractivity contribution is 7.16. The topological polar surface area (TPSA) is 58.0 Å². The maximum absolute atomic E-state index is 12.8. The molecule has 2 aromatic heterocycles. The van der Waals surface area contributed by atoms with Crippen LogP contribution in [0.15, 0.2) is 53.1 Å². The fourth-order valence-electron chi connectivity index (χ4n) is 4.09. The van der Waals surface area contributed by atoms with Gasteiger partial charge in [-0.15, -0.1) is 11.3 Å². The van der Waals surface area contributed by atoms with Crippen LogP contribution in [-0.4, -0.2) is 55.5 Å². The molecule has 1 fully saturated rings. The molecule has 1 amide bonds. The van der Waals surface area contributed by atoms with Crippen molar-refractivity contribution in [1.29, 1.82) is 0 Å². The number of nitrogens with zero attached hydrogens (tertiary/aromatic N) is 2. The van der Waals surface area contributed by atoms with Crippen molar-refractivity contribution in [2.45, 2.75) is 26.3 Å². The molecule has 0 saturated carbocycles. The van der Waals surface area contributed by atoms with Gasteiger partial charge < -0.3 is 19.4 Å². The molecule has 4 rings (SSSR count). The lowest BCUT2D eigenvalue weighted by molar-refractivity contribution is 0.0996. The van der Waals surface area contributed by atoms with E-state index < -0.39 is 0 Å². The Hall–Kier alpha value is -2.61. The average molecular weight is 454 g/mol. The molecule has 1 saturated heterocycles. The maximum atomic E-state index is 12.8. The number of nitrogens with one attached hydrogen (secondary N) is 1. The normalized spacial score (nSPS) is 16.1. The van der Waals surface area contributed by atoms with Crippen LogP contribution in [-0.2, 0) is 6.42 Å². The number of furan rings is 1. The predicted molar refractivity (Wildman–Crippen MR) is 129 cm³/mol. The van der Waals surface area contributed by atoms with Gasteiger partial charge in [-0.3, -0.25) is 9.69 Å². The molecule has 3 heterocycles. The molecule has 0 radical (unpaired) electrons. The van der Waals surface area contributed by atoms with Gasteiger partial charge in [-0.25, -0.2) is 0 Å². The second kappa shape index (κ2) is 10.3. The summed E-state index contributed by atoms with van der Waals surface area (Å²) in [6.45, 7) is 8.77. The van der Waals surface area contributed by atoms with E-state index >= 15 is 0 Å². The summed E-state index contributed by atoms with van der Waals surface area (Å²) in [6, 6.07) is 14.1. The van der Waals surface area contributed by atoms with E-state index in [1.165, 1.54) is 16.7 Å². The van der Waals surface area contributed by atoms with E-state index in [-0.39, 0.29) is 11.9 Å². The van der Waals surface area contributed by atoms with Crippen LogP contribution in [0, 0.1) is 0 Å². The molecule has 0 bridgehead atoms. The third-order valence-corrected chi connectivity index (χ3v) is 7.05. The van der Waals surface area contributed by atoms with Crippen LogP contribution in [0.3, 0.4) is 0 Å². The monoisotopic (exact) mass is 453 g/mol. The van der Waals surface area contributed by atoms with Crippen LogP contribution in [0.2, 0.25) is 0 Å². The van der Waals surface area contributed by atoms with Crippen LogP contribution in [0.4, 0.5) is 5.00 Å². The van der Waals surface area contributed by atoms with Crippen LogP contribution in [0.25, 0.3) is 0 Å². The summed E-state index contributed by atoms with van der Waals surface area (Å²) >= 11 is 1.65. The molecule has 0 unspecified atom stereocenters. The lowest BCUT2D eigenvalue weighted by Gasteiger charge is -2.38. The van der Waals surface area contributed by atoms with Gasteiger partial charge in [0, 0.05) is 36.6 Å². The second-order valence-electron chi connectivity index (χ2n) is 8.03. The van der Waals surface area contributed by atoms with Gasteiger partial charge >= 0.3 is 0 Å². The molecule has 1 aromatic carbocycles. The van der Waals surface area contributed by atoms with Gasteiger partial charge in [0.05, 0.1) is 18.9 Å². The number of likely N-dealkylation sites (N-methyl/N-ethyl adjacent to an activating group) is 1. The summed E-state index contributed by atoms with van der Waals surface area (Å²) < 4.78 is 11.0. The number of carbonyl (C=O) groups is 1. The number of aryl methyl sites for hydroxylation is 1. The van der Waals surface area contributed by atoms with Crippen LogP contribution < -0.4 is 10.1 Å². The number of anilines is 1. The summed E-state index contributed by atoms with van der Waals surface area (Å²) in [4.78, 5) is 18.9. The molecule has 1 N–H and O–H groups in total. The first-order chi connectivity index (χ1) is 15.6. The number of rotatable bonds is 8. The first-order valence-electron chi connectivity index (χ1n) is 11.2. The molecule has 0 spiro atoms. The minimum Gasteiger partial charge on any atom is -0.494 e. The summed E-state index contributed by atoms with van der Waals surface area (Å²) in [7, 11) is 2.16. The Morgan fingerprint density at radius 3 is 2.53 bits per heavy atom. The summed E-state index contributed by atoms with van der Waals surface area (Å²) in [6.07, 6.45) is 2.45. The molecule has 1 atom stereocenters. The van der Waals surface area contributed by atoms with Crippen molar-refractivity contribution in [3.8, 4) is 5.75 Å². The Balaban J connectivity index is 1.71. The highest BCUT2D eigenvalue weighted by atomic mass is 32.1. The van der Waals surface area contributed by atoms with Crippen LogP contribution in [0.5, 0.6) is 5.75 Å². The van der Waals surface area contributed by atoms with Crippen molar-refractivity contribution < 1.29 is 13.9 Å². The summed E-state index contributed by atoms with van der Waals surface area (Å²) in [5, 5.41) is 4.01. The number of piperazine rings is 1. The van der Waals surface area contributed by atoms with Crippen molar-refractivity contribution in [2.75, 3.05) is 45.2 Å². The third kappa shape index (κ3) is 5.06. The van der Waals surface area contributed by atoms with E-state index in [0.29, 0.717) is 12.4 Å².